The Labute approximate surface area is 131 Å². The molecule has 1 aliphatic heterocycles. The Hall–Kier alpha value is -0.130. The zero-order valence-corrected chi connectivity index (χ0v) is 15.1. The van der Waals surface area contributed by atoms with E-state index in [1.165, 1.54) is 0 Å². The predicted molar refractivity (Wildman–Crippen MR) is 89.9 cm³/mol. The van der Waals surface area contributed by atoms with Gasteiger partial charge in [0.25, 0.3) is 0 Å². The van der Waals surface area contributed by atoms with Gasteiger partial charge >= 0.3 is 0 Å². The van der Waals surface area contributed by atoms with Gasteiger partial charge < -0.3 is 5.32 Å². The topological polar surface area (TPSA) is 49.4 Å². The fourth-order valence-corrected chi connectivity index (χ4v) is 4.55. The minimum atomic E-state index is -3.11. The standard InChI is InChI=1S/C16H34N2O2S/c1-14(2)7-11-18(12-8-15(3)4)21(19,20)13-16-5-9-17-10-6-16/h14-17H,5-13H2,1-4H3. The predicted octanol–water partition coefficient (Wildman–Crippen LogP) is 2.71. The molecule has 0 bridgehead atoms. The van der Waals surface area contributed by atoms with Crippen molar-refractivity contribution in [3.05, 3.63) is 0 Å². The van der Waals surface area contributed by atoms with E-state index in [0.29, 0.717) is 36.6 Å². The fourth-order valence-electron chi connectivity index (χ4n) is 2.65. The van der Waals surface area contributed by atoms with Gasteiger partial charge in [0, 0.05) is 13.1 Å². The monoisotopic (exact) mass is 318 g/mol. The molecule has 0 atom stereocenters. The molecule has 0 amide bonds. The van der Waals surface area contributed by atoms with Crippen LogP contribution in [-0.4, -0.2) is 44.7 Å². The molecule has 126 valence electrons. The maximum atomic E-state index is 12.7. The highest BCUT2D eigenvalue weighted by molar-refractivity contribution is 7.89. The maximum Gasteiger partial charge on any atom is 0.214 e. The van der Waals surface area contributed by atoms with E-state index >= 15 is 0 Å². The average Bonchev–Trinajstić information content (AvgIpc) is 2.38. The Morgan fingerprint density at radius 2 is 1.48 bits per heavy atom. The fraction of sp³-hybridized carbons (Fsp3) is 1.00. The summed E-state index contributed by atoms with van der Waals surface area (Å²) in [5.74, 6) is 1.75. The number of nitrogens with zero attached hydrogens (tertiary/aromatic N) is 1. The van der Waals surface area contributed by atoms with Gasteiger partial charge in [0.2, 0.25) is 10.0 Å². The van der Waals surface area contributed by atoms with Crippen LogP contribution in [0.5, 0.6) is 0 Å². The minimum Gasteiger partial charge on any atom is -0.317 e. The summed E-state index contributed by atoms with van der Waals surface area (Å²) in [4.78, 5) is 0. The van der Waals surface area contributed by atoms with Gasteiger partial charge in [-0.1, -0.05) is 27.7 Å². The van der Waals surface area contributed by atoms with E-state index in [0.717, 1.165) is 38.8 Å². The second-order valence-corrected chi connectivity index (χ2v) is 9.25. The first kappa shape index (κ1) is 18.9. The highest BCUT2D eigenvalue weighted by atomic mass is 32.2. The van der Waals surface area contributed by atoms with Gasteiger partial charge in [-0.05, 0) is 56.5 Å². The Balaban J connectivity index is 2.63. The first-order valence-corrected chi connectivity index (χ1v) is 10.1. The summed E-state index contributed by atoms with van der Waals surface area (Å²) in [6.45, 7) is 11.9. The van der Waals surface area contributed by atoms with Gasteiger partial charge in [-0.15, -0.1) is 0 Å². The van der Waals surface area contributed by atoms with Crippen LogP contribution in [0.25, 0.3) is 0 Å². The van der Waals surface area contributed by atoms with Crippen molar-refractivity contribution >= 4 is 10.0 Å². The molecule has 5 heteroatoms. The van der Waals surface area contributed by atoms with Crippen LogP contribution < -0.4 is 5.32 Å². The van der Waals surface area contributed by atoms with Crippen LogP contribution in [0.3, 0.4) is 0 Å². The molecule has 0 aromatic carbocycles. The minimum absolute atomic E-state index is 0.330. The summed E-state index contributed by atoms with van der Waals surface area (Å²) in [5.41, 5.74) is 0. The van der Waals surface area contributed by atoms with Crippen molar-refractivity contribution in [3.63, 3.8) is 0 Å². The Morgan fingerprint density at radius 1 is 1.00 bits per heavy atom. The Morgan fingerprint density at radius 3 is 1.90 bits per heavy atom. The second-order valence-electron chi connectivity index (χ2n) is 7.24. The van der Waals surface area contributed by atoms with Crippen LogP contribution in [0.2, 0.25) is 0 Å². The molecule has 1 fully saturated rings. The summed E-state index contributed by atoms with van der Waals surface area (Å²) in [5, 5.41) is 3.30. The Kier molecular flexibility index (Phi) is 8.21. The Bertz CT molecular complexity index is 362. The number of hydrogen-bond donors (Lipinski definition) is 1. The lowest BCUT2D eigenvalue weighted by Crippen LogP contribution is -2.40. The van der Waals surface area contributed by atoms with E-state index in [4.69, 9.17) is 0 Å². The molecule has 1 saturated heterocycles. The molecule has 0 unspecified atom stereocenters. The number of hydrogen-bond acceptors (Lipinski definition) is 3. The average molecular weight is 319 g/mol. The molecule has 0 spiro atoms. The quantitative estimate of drug-likeness (QED) is 0.711. The van der Waals surface area contributed by atoms with E-state index in [1.54, 1.807) is 4.31 Å². The number of nitrogens with one attached hydrogen (secondary N) is 1. The van der Waals surface area contributed by atoms with Crippen molar-refractivity contribution in [2.24, 2.45) is 17.8 Å². The van der Waals surface area contributed by atoms with E-state index in [9.17, 15) is 8.42 Å². The molecular weight excluding hydrogens is 284 g/mol. The lowest BCUT2D eigenvalue weighted by molar-refractivity contribution is 0.345. The summed E-state index contributed by atoms with van der Waals surface area (Å²) in [6, 6.07) is 0. The third-order valence-corrected chi connectivity index (χ3v) is 6.25. The molecule has 1 heterocycles. The molecule has 0 aromatic heterocycles. The molecule has 1 N–H and O–H groups in total. The highest BCUT2D eigenvalue weighted by Gasteiger charge is 2.27. The van der Waals surface area contributed by atoms with Gasteiger partial charge in [-0.3, -0.25) is 0 Å². The van der Waals surface area contributed by atoms with E-state index < -0.39 is 10.0 Å². The molecule has 0 aromatic rings. The van der Waals surface area contributed by atoms with Crippen molar-refractivity contribution in [1.29, 1.82) is 0 Å². The van der Waals surface area contributed by atoms with E-state index in [2.05, 4.69) is 33.0 Å². The largest absolute Gasteiger partial charge is 0.317 e. The second kappa shape index (κ2) is 9.11. The third-order valence-electron chi connectivity index (χ3n) is 4.21. The van der Waals surface area contributed by atoms with E-state index in [-0.39, 0.29) is 0 Å². The van der Waals surface area contributed by atoms with Crippen molar-refractivity contribution in [3.8, 4) is 0 Å². The molecule has 4 nitrogen and oxygen atoms in total. The third kappa shape index (κ3) is 7.61. The molecule has 0 radical (unpaired) electrons. The molecule has 1 rings (SSSR count). The van der Waals surface area contributed by atoms with Crippen LogP contribution in [0.15, 0.2) is 0 Å². The number of rotatable bonds is 9. The SMILES string of the molecule is CC(C)CCN(CCC(C)C)S(=O)(=O)CC1CCNCC1. The van der Waals surface area contributed by atoms with Crippen LogP contribution in [0.1, 0.15) is 53.4 Å². The number of piperidine rings is 1. The van der Waals surface area contributed by atoms with Gasteiger partial charge in [0.15, 0.2) is 0 Å². The lowest BCUT2D eigenvalue weighted by atomic mass is 10.0. The molecule has 0 saturated carbocycles. The van der Waals surface area contributed by atoms with Crippen LogP contribution in [-0.2, 0) is 10.0 Å². The molecule has 0 aliphatic carbocycles. The highest BCUT2D eigenvalue weighted by Crippen LogP contribution is 2.18. The van der Waals surface area contributed by atoms with Crippen molar-refractivity contribution < 1.29 is 8.42 Å². The first-order valence-electron chi connectivity index (χ1n) is 8.49. The van der Waals surface area contributed by atoms with Crippen LogP contribution in [0.4, 0.5) is 0 Å². The van der Waals surface area contributed by atoms with Crippen LogP contribution >= 0.6 is 0 Å². The van der Waals surface area contributed by atoms with E-state index in [1.807, 2.05) is 0 Å². The molecule has 1 aliphatic rings. The van der Waals surface area contributed by atoms with Crippen molar-refractivity contribution in [1.82, 2.24) is 9.62 Å². The molecule has 21 heavy (non-hydrogen) atoms. The summed E-state index contributed by atoms with van der Waals surface area (Å²) >= 11 is 0. The maximum absolute atomic E-state index is 12.7. The van der Waals surface area contributed by atoms with Gasteiger partial charge in [-0.25, -0.2) is 12.7 Å². The van der Waals surface area contributed by atoms with Crippen molar-refractivity contribution in [2.75, 3.05) is 31.9 Å². The zero-order valence-electron chi connectivity index (χ0n) is 14.3. The summed E-state index contributed by atoms with van der Waals surface area (Å²) in [6.07, 6.45) is 3.87. The number of sulfonamides is 1. The summed E-state index contributed by atoms with van der Waals surface area (Å²) < 4.78 is 27.2. The normalized spacial score (nSPS) is 18.0. The smallest absolute Gasteiger partial charge is 0.214 e. The van der Waals surface area contributed by atoms with Gasteiger partial charge in [0.1, 0.15) is 0 Å². The van der Waals surface area contributed by atoms with Gasteiger partial charge in [0.05, 0.1) is 5.75 Å². The van der Waals surface area contributed by atoms with Gasteiger partial charge in [-0.2, -0.15) is 0 Å². The molecular formula is C16H34N2O2S. The summed E-state index contributed by atoms with van der Waals surface area (Å²) in [7, 11) is -3.11. The first-order chi connectivity index (χ1) is 9.81. The van der Waals surface area contributed by atoms with Crippen molar-refractivity contribution in [2.45, 2.75) is 53.4 Å². The van der Waals surface area contributed by atoms with Crippen LogP contribution in [0, 0.1) is 17.8 Å². The zero-order chi connectivity index (χ0) is 15.9. The lowest BCUT2D eigenvalue weighted by Gasteiger charge is -2.28.